The number of hydrogen-bond acceptors (Lipinski definition) is 5. The van der Waals surface area contributed by atoms with Gasteiger partial charge in [-0.2, -0.15) is 5.10 Å². The molecule has 1 atom stereocenters. The molecule has 4 rings (SSSR count). The highest BCUT2D eigenvalue weighted by Crippen LogP contribution is 2.30. The molecule has 2 aromatic carbocycles. The average molecular weight is 420 g/mol. The first-order chi connectivity index (χ1) is 15.0. The largest absolute Gasteiger partial charge is 0.495 e. The highest BCUT2D eigenvalue weighted by molar-refractivity contribution is 5.97. The van der Waals surface area contributed by atoms with Gasteiger partial charge in [-0.15, -0.1) is 0 Å². The van der Waals surface area contributed by atoms with Crippen LogP contribution in [0, 0.1) is 0 Å². The number of aromatic nitrogens is 2. The molecule has 0 aliphatic carbocycles. The van der Waals surface area contributed by atoms with E-state index in [0.717, 1.165) is 5.56 Å². The molecule has 0 bridgehead atoms. The highest BCUT2D eigenvalue weighted by atomic mass is 16.5. The zero-order chi connectivity index (χ0) is 21.8. The lowest BCUT2D eigenvalue weighted by atomic mass is 9.95. The number of fused-ring (bicyclic) bond motifs is 1. The average Bonchev–Trinajstić information content (AvgIpc) is 3.17. The molecule has 2 amide bonds. The summed E-state index contributed by atoms with van der Waals surface area (Å²) in [4.78, 5) is 27.6. The van der Waals surface area contributed by atoms with Crippen molar-refractivity contribution in [3.63, 3.8) is 0 Å². The van der Waals surface area contributed by atoms with Crippen molar-refractivity contribution in [3.8, 4) is 11.5 Å². The van der Waals surface area contributed by atoms with Gasteiger partial charge in [0.1, 0.15) is 17.4 Å². The number of rotatable bonds is 6. The molecule has 1 aliphatic rings. The fourth-order valence-corrected chi connectivity index (χ4v) is 3.66. The summed E-state index contributed by atoms with van der Waals surface area (Å²) in [6.45, 7) is 0.515. The molecule has 0 spiro atoms. The van der Waals surface area contributed by atoms with Crippen LogP contribution in [0.2, 0.25) is 0 Å². The molecule has 2 heterocycles. The Bertz CT molecular complexity index is 1080. The number of hydrogen-bond donors (Lipinski definition) is 1. The van der Waals surface area contributed by atoms with Crippen LogP contribution in [0.3, 0.4) is 0 Å². The van der Waals surface area contributed by atoms with E-state index in [1.165, 1.54) is 0 Å². The second-order valence-electron chi connectivity index (χ2n) is 7.33. The summed E-state index contributed by atoms with van der Waals surface area (Å²) in [6, 6.07) is 16.4. The quantitative estimate of drug-likeness (QED) is 0.663. The van der Waals surface area contributed by atoms with E-state index in [0.29, 0.717) is 29.4 Å². The van der Waals surface area contributed by atoms with E-state index in [2.05, 4.69) is 10.4 Å². The Morgan fingerprint density at radius 1 is 1.13 bits per heavy atom. The number of carbonyl (C=O) groups excluding carboxylic acids is 2. The third-order valence-corrected chi connectivity index (χ3v) is 5.17. The van der Waals surface area contributed by atoms with Crippen molar-refractivity contribution in [1.82, 2.24) is 14.7 Å². The first kappa shape index (κ1) is 20.5. The smallest absolute Gasteiger partial charge is 0.260 e. The number of carbonyl (C=O) groups is 2. The van der Waals surface area contributed by atoms with Crippen molar-refractivity contribution in [2.24, 2.45) is 7.05 Å². The van der Waals surface area contributed by atoms with Crippen molar-refractivity contribution in [3.05, 3.63) is 72.1 Å². The van der Waals surface area contributed by atoms with Crippen molar-refractivity contribution in [1.29, 1.82) is 0 Å². The molecule has 8 heteroatoms. The lowest BCUT2D eigenvalue weighted by molar-refractivity contribution is -0.135. The molecule has 8 nitrogen and oxygen atoms in total. The van der Waals surface area contributed by atoms with Crippen LogP contribution in [0.1, 0.15) is 17.2 Å². The molecule has 0 saturated heterocycles. The highest BCUT2D eigenvalue weighted by Gasteiger charge is 2.35. The van der Waals surface area contributed by atoms with Gasteiger partial charge in [0.2, 0.25) is 5.91 Å². The maximum Gasteiger partial charge on any atom is 0.260 e. The molecular formula is C23H24N4O4. The molecule has 3 aromatic rings. The SMILES string of the molecule is COc1ccccc1NC(=O)[C@@H]1CN(C(=O)COc2ccccc2)Cc2cn(C)nc21. The number of para-hydroxylation sites is 3. The summed E-state index contributed by atoms with van der Waals surface area (Å²) in [6.07, 6.45) is 1.84. The van der Waals surface area contributed by atoms with E-state index in [-0.39, 0.29) is 25.0 Å². The topological polar surface area (TPSA) is 85.7 Å². The molecule has 1 aromatic heterocycles. The van der Waals surface area contributed by atoms with Gasteiger partial charge in [-0.25, -0.2) is 0 Å². The van der Waals surface area contributed by atoms with E-state index in [1.807, 2.05) is 36.5 Å². The lowest BCUT2D eigenvalue weighted by Gasteiger charge is -2.31. The summed E-state index contributed by atoms with van der Waals surface area (Å²) in [5.41, 5.74) is 2.10. The number of methoxy groups -OCH3 is 1. The number of aryl methyl sites for hydroxylation is 1. The zero-order valence-corrected chi connectivity index (χ0v) is 17.4. The van der Waals surface area contributed by atoms with Gasteiger partial charge >= 0.3 is 0 Å². The van der Waals surface area contributed by atoms with E-state index in [1.54, 1.807) is 48.0 Å². The summed E-state index contributed by atoms with van der Waals surface area (Å²) in [5.74, 6) is 0.160. The van der Waals surface area contributed by atoms with E-state index >= 15 is 0 Å². The Balaban J connectivity index is 1.51. The van der Waals surface area contributed by atoms with Crippen LogP contribution in [0.25, 0.3) is 0 Å². The summed E-state index contributed by atoms with van der Waals surface area (Å²) >= 11 is 0. The van der Waals surface area contributed by atoms with Crippen LogP contribution >= 0.6 is 0 Å². The minimum atomic E-state index is -0.601. The Morgan fingerprint density at radius 2 is 1.87 bits per heavy atom. The number of anilines is 1. The van der Waals surface area contributed by atoms with Crippen LogP contribution < -0.4 is 14.8 Å². The fourth-order valence-electron chi connectivity index (χ4n) is 3.66. The minimum absolute atomic E-state index is 0.0968. The maximum absolute atomic E-state index is 13.2. The third-order valence-electron chi connectivity index (χ3n) is 5.17. The normalized spacial score (nSPS) is 15.2. The predicted octanol–water partition coefficient (Wildman–Crippen LogP) is 2.57. The summed E-state index contributed by atoms with van der Waals surface area (Å²) in [5, 5.41) is 7.40. The zero-order valence-electron chi connectivity index (χ0n) is 17.4. The molecule has 160 valence electrons. The number of nitrogens with one attached hydrogen (secondary N) is 1. The molecular weight excluding hydrogens is 396 g/mol. The minimum Gasteiger partial charge on any atom is -0.495 e. The second kappa shape index (κ2) is 8.91. The van der Waals surface area contributed by atoms with Crippen LogP contribution in [-0.4, -0.2) is 46.8 Å². The monoisotopic (exact) mass is 420 g/mol. The van der Waals surface area contributed by atoms with Crippen LogP contribution in [0.5, 0.6) is 11.5 Å². The van der Waals surface area contributed by atoms with Gasteiger partial charge in [-0.3, -0.25) is 14.3 Å². The van der Waals surface area contributed by atoms with E-state index < -0.39 is 5.92 Å². The summed E-state index contributed by atoms with van der Waals surface area (Å²) < 4.78 is 12.6. The van der Waals surface area contributed by atoms with Gasteiger partial charge in [0.25, 0.3) is 5.91 Å². The summed E-state index contributed by atoms with van der Waals surface area (Å²) in [7, 11) is 3.35. The Morgan fingerprint density at radius 3 is 2.65 bits per heavy atom. The molecule has 1 aliphatic heterocycles. The number of nitrogens with zero attached hydrogens (tertiary/aromatic N) is 3. The Hall–Kier alpha value is -3.81. The van der Waals surface area contributed by atoms with E-state index in [4.69, 9.17) is 9.47 Å². The van der Waals surface area contributed by atoms with Crippen molar-refractivity contribution in [2.45, 2.75) is 12.5 Å². The van der Waals surface area contributed by atoms with Crippen LogP contribution in [0.4, 0.5) is 5.69 Å². The number of amides is 2. The van der Waals surface area contributed by atoms with Crippen molar-refractivity contribution < 1.29 is 19.1 Å². The second-order valence-corrected chi connectivity index (χ2v) is 7.33. The Labute approximate surface area is 180 Å². The van der Waals surface area contributed by atoms with Gasteiger partial charge in [-0.05, 0) is 24.3 Å². The molecule has 0 fully saturated rings. The predicted molar refractivity (Wildman–Crippen MR) is 115 cm³/mol. The number of ether oxygens (including phenoxy) is 2. The molecule has 0 unspecified atom stereocenters. The van der Waals surface area contributed by atoms with Gasteiger partial charge in [0.15, 0.2) is 6.61 Å². The molecule has 0 radical (unpaired) electrons. The first-order valence-corrected chi connectivity index (χ1v) is 9.97. The first-order valence-electron chi connectivity index (χ1n) is 9.97. The van der Waals surface area contributed by atoms with Crippen molar-refractivity contribution >= 4 is 17.5 Å². The maximum atomic E-state index is 13.2. The van der Waals surface area contributed by atoms with Gasteiger partial charge < -0.3 is 19.7 Å². The lowest BCUT2D eigenvalue weighted by Crippen LogP contribution is -2.43. The fraction of sp³-hybridized carbons (Fsp3) is 0.261. The van der Waals surface area contributed by atoms with Gasteiger partial charge in [0.05, 0.1) is 18.5 Å². The van der Waals surface area contributed by atoms with Crippen LogP contribution in [-0.2, 0) is 23.2 Å². The standard InChI is InChI=1S/C23H24N4O4/c1-26-12-16-13-27(21(28)15-31-17-8-4-3-5-9-17)14-18(22(16)25-26)23(29)24-19-10-6-7-11-20(19)30-2/h3-12,18H,13-15H2,1-2H3,(H,24,29)/t18-/m1/s1. The van der Waals surface area contributed by atoms with E-state index in [9.17, 15) is 9.59 Å². The molecule has 31 heavy (non-hydrogen) atoms. The van der Waals surface area contributed by atoms with Crippen LogP contribution in [0.15, 0.2) is 60.8 Å². The Kier molecular flexibility index (Phi) is 5.88. The molecule has 0 saturated carbocycles. The number of benzene rings is 2. The molecule has 1 N–H and O–H groups in total. The third kappa shape index (κ3) is 4.53. The van der Waals surface area contributed by atoms with Crippen molar-refractivity contribution in [2.75, 3.05) is 25.6 Å². The van der Waals surface area contributed by atoms with Gasteiger partial charge in [-0.1, -0.05) is 30.3 Å². The van der Waals surface area contributed by atoms with Gasteiger partial charge in [0, 0.05) is 31.9 Å².